The van der Waals surface area contributed by atoms with Gasteiger partial charge >= 0.3 is 0 Å². The summed E-state index contributed by atoms with van der Waals surface area (Å²) >= 11 is 0. The summed E-state index contributed by atoms with van der Waals surface area (Å²) in [5.41, 5.74) is 0.910. The second kappa shape index (κ2) is 5.85. The Hall–Kier alpha value is -1.88. The third kappa shape index (κ3) is 3.24. The maximum atomic E-state index is 5.35. The van der Waals surface area contributed by atoms with Gasteiger partial charge in [0.15, 0.2) is 5.82 Å². The second-order valence-electron chi connectivity index (χ2n) is 5.74. The average Bonchev–Trinajstić information content (AvgIpc) is 3.26. The summed E-state index contributed by atoms with van der Waals surface area (Å²) in [6.07, 6.45) is 2.68. The van der Waals surface area contributed by atoms with Crippen LogP contribution >= 0.6 is 0 Å². The Morgan fingerprint density at radius 1 is 1.33 bits per heavy atom. The number of methoxy groups -OCH3 is 1. The van der Waals surface area contributed by atoms with Gasteiger partial charge in [-0.15, -0.1) is 0 Å². The standard InChI is InChI=1S/C16H21N3O2/c1-11(12-4-5-12)19(2)10-15-17-16(21-18-15)13-6-8-14(20-3)9-7-13/h6-9,11-12H,4-5,10H2,1-3H3. The summed E-state index contributed by atoms with van der Waals surface area (Å²) < 4.78 is 10.5. The van der Waals surface area contributed by atoms with Crippen LogP contribution in [0.15, 0.2) is 28.8 Å². The molecule has 1 aliphatic rings. The van der Waals surface area contributed by atoms with E-state index >= 15 is 0 Å². The third-order valence-corrected chi connectivity index (χ3v) is 4.20. The van der Waals surface area contributed by atoms with Crippen molar-refractivity contribution in [2.75, 3.05) is 14.2 Å². The number of rotatable bonds is 6. The molecule has 1 aromatic heterocycles. The van der Waals surface area contributed by atoms with Crippen LogP contribution in [0.4, 0.5) is 0 Å². The van der Waals surface area contributed by atoms with Gasteiger partial charge in [-0.2, -0.15) is 4.98 Å². The molecule has 0 aliphatic heterocycles. The zero-order chi connectivity index (χ0) is 14.8. The van der Waals surface area contributed by atoms with E-state index in [4.69, 9.17) is 9.26 Å². The van der Waals surface area contributed by atoms with Crippen molar-refractivity contribution in [1.82, 2.24) is 15.0 Å². The van der Waals surface area contributed by atoms with Crippen molar-refractivity contribution in [3.63, 3.8) is 0 Å². The van der Waals surface area contributed by atoms with Crippen LogP contribution in [-0.4, -0.2) is 35.2 Å². The number of ether oxygens (including phenoxy) is 1. The van der Waals surface area contributed by atoms with Crippen molar-refractivity contribution in [1.29, 1.82) is 0 Å². The predicted molar refractivity (Wildman–Crippen MR) is 79.9 cm³/mol. The van der Waals surface area contributed by atoms with Crippen molar-refractivity contribution < 1.29 is 9.26 Å². The molecule has 0 radical (unpaired) electrons. The van der Waals surface area contributed by atoms with Crippen LogP contribution in [0.5, 0.6) is 5.75 Å². The molecule has 1 aliphatic carbocycles. The lowest BCUT2D eigenvalue weighted by Crippen LogP contribution is -2.30. The van der Waals surface area contributed by atoms with Crippen molar-refractivity contribution in [3.8, 4) is 17.2 Å². The van der Waals surface area contributed by atoms with E-state index in [2.05, 4.69) is 29.0 Å². The average molecular weight is 287 g/mol. The largest absolute Gasteiger partial charge is 0.497 e. The van der Waals surface area contributed by atoms with Crippen LogP contribution in [-0.2, 0) is 6.54 Å². The lowest BCUT2D eigenvalue weighted by molar-refractivity contribution is 0.218. The lowest BCUT2D eigenvalue weighted by Gasteiger charge is -2.22. The minimum atomic E-state index is 0.556. The van der Waals surface area contributed by atoms with Crippen LogP contribution in [0.3, 0.4) is 0 Å². The molecule has 0 spiro atoms. The van der Waals surface area contributed by atoms with Gasteiger partial charge in [0.2, 0.25) is 0 Å². The molecule has 5 heteroatoms. The van der Waals surface area contributed by atoms with E-state index in [1.165, 1.54) is 12.8 Å². The highest BCUT2D eigenvalue weighted by atomic mass is 16.5. The highest BCUT2D eigenvalue weighted by molar-refractivity contribution is 5.54. The predicted octanol–water partition coefficient (Wildman–Crippen LogP) is 2.98. The molecule has 1 saturated carbocycles. The summed E-state index contributed by atoms with van der Waals surface area (Å²) in [4.78, 5) is 6.77. The van der Waals surface area contributed by atoms with Crippen LogP contribution in [0.25, 0.3) is 11.5 Å². The quantitative estimate of drug-likeness (QED) is 0.817. The molecule has 1 atom stereocenters. The number of aromatic nitrogens is 2. The van der Waals surface area contributed by atoms with Gasteiger partial charge in [0.1, 0.15) is 5.75 Å². The fraction of sp³-hybridized carbons (Fsp3) is 0.500. The Morgan fingerprint density at radius 3 is 2.67 bits per heavy atom. The van der Waals surface area contributed by atoms with Gasteiger partial charge < -0.3 is 9.26 Å². The molecule has 2 aromatic rings. The number of hydrogen-bond acceptors (Lipinski definition) is 5. The molecule has 112 valence electrons. The van der Waals surface area contributed by atoms with Gasteiger partial charge in [-0.1, -0.05) is 5.16 Å². The van der Waals surface area contributed by atoms with Crippen LogP contribution in [0.1, 0.15) is 25.6 Å². The molecule has 1 aromatic carbocycles. The molecule has 0 N–H and O–H groups in total. The summed E-state index contributed by atoms with van der Waals surface area (Å²) in [5, 5.41) is 4.08. The lowest BCUT2D eigenvalue weighted by atomic mass is 10.2. The Labute approximate surface area is 124 Å². The van der Waals surface area contributed by atoms with Gasteiger partial charge in [0.25, 0.3) is 5.89 Å². The van der Waals surface area contributed by atoms with Crippen LogP contribution in [0, 0.1) is 5.92 Å². The molecule has 0 amide bonds. The highest BCUT2D eigenvalue weighted by Crippen LogP contribution is 2.35. The topological polar surface area (TPSA) is 51.4 Å². The summed E-state index contributed by atoms with van der Waals surface area (Å²) in [6.45, 7) is 2.99. The Kier molecular flexibility index (Phi) is 3.92. The Bertz CT molecular complexity index is 590. The first-order valence-electron chi connectivity index (χ1n) is 7.34. The Morgan fingerprint density at radius 2 is 2.05 bits per heavy atom. The van der Waals surface area contributed by atoms with Crippen molar-refractivity contribution in [2.45, 2.75) is 32.4 Å². The number of nitrogens with zero attached hydrogens (tertiary/aromatic N) is 3. The van der Waals surface area contributed by atoms with E-state index in [0.29, 0.717) is 11.9 Å². The summed E-state index contributed by atoms with van der Waals surface area (Å²) in [5.74, 6) is 2.94. The first-order chi connectivity index (χ1) is 10.2. The van der Waals surface area contributed by atoms with Gasteiger partial charge in [-0.25, -0.2) is 0 Å². The zero-order valence-electron chi connectivity index (χ0n) is 12.7. The Balaban J connectivity index is 1.67. The summed E-state index contributed by atoms with van der Waals surface area (Å²) in [7, 11) is 3.77. The van der Waals surface area contributed by atoms with Gasteiger partial charge in [-0.3, -0.25) is 4.90 Å². The van der Waals surface area contributed by atoms with E-state index in [1.807, 2.05) is 24.3 Å². The smallest absolute Gasteiger partial charge is 0.257 e. The van der Waals surface area contributed by atoms with Crippen molar-refractivity contribution in [3.05, 3.63) is 30.1 Å². The van der Waals surface area contributed by atoms with Crippen molar-refractivity contribution in [2.24, 2.45) is 5.92 Å². The molecule has 0 bridgehead atoms. The van der Waals surface area contributed by atoms with Gasteiger partial charge in [0, 0.05) is 11.6 Å². The monoisotopic (exact) mass is 287 g/mol. The second-order valence-corrected chi connectivity index (χ2v) is 5.74. The molecule has 1 unspecified atom stereocenters. The number of hydrogen-bond donors (Lipinski definition) is 0. The van der Waals surface area contributed by atoms with Crippen LogP contribution in [0.2, 0.25) is 0 Å². The molecule has 1 fully saturated rings. The number of benzene rings is 1. The van der Waals surface area contributed by atoms with E-state index in [-0.39, 0.29) is 0 Å². The fourth-order valence-corrected chi connectivity index (χ4v) is 2.47. The first kappa shape index (κ1) is 14.1. The zero-order valence-corrected chi connectivity index (χ0v) is 12.7. The van der Waals surface area contributed by atoms with Gasteiger partial charge in [-0.05, 0) is 57.0 Å². The molecule has 0 saturated heterocycles. The minimum absolute atomic E-state index is 0.556. The van der Waals surface area contributed by atoms with Crippen LogP contribution < -0.4 is 4.74 Å². The first-order valence-corrected chi connectivity index (χ1v) is 7.34. The molecule has 3 rings (SSSR count). The maximum Gasteiger partial charge on any atom is 0.257 e. The highest BCUT2D eigenvalue weighted by Gasteiger charge is 2.30. The third-order valence-electron chi connectivity index (χ3n) is 4.20. The van der Waals surface area contributed by atoms with Gasteiger partial charge in [0.05, 0.1) is 13.7 Å². The molecular formula is C16H21N3O2. The molecule has 1 heterocycles. The van der Waals surface area contributed by atoms with E-state index < -0.39 is 0 Å². The van der Waals surface area contributed by atoms with Crippen molar-refractivity contribution >= 4 is 0 Å². The molecular weight excluding hydrogens is 266 g/mol. The van der Waals surface area contributed by atoms with E-state index in [1.54, 1.807) is 7.11 Å². The molecule has 5 nitrogen and oxygen atoms in total. The minimum Gasteiger partial charge on any atom is -0.497 e. The summed E-state index contributed by atoms with van der Waals surface area (Å²) in [6, 6.07) is 8.20. The van der Waals surface area contributed by atoms with E-state index in [0.717, 1.165) is 29.6 Å². The van der Waals surface area contributed by atoms with E-state index in [9.17, 15) is 0 Å². The molecule has 21 heavy (non-hydrogen) atoms. The SMILES string of the molecule is COc1ccc(-c2nc(CN(C)C(C)C3CC3)no2)cc1. The normalized spacial score (nSPS) is 16.2. The fourth-order valence-electron chi connectivity index (χ4n) is 2.47. The maximum absolute atomic E-state index is 5.35.